The van der Waals surface area contributed by atoms with Gasteiger partial charge in [0, 0.05) is 25.7 Å². The van der Waals surface area contributed by atoms with Gasteiger partial charge in [0.25, 0.3) is 5.69 Å². The Labute approximate surface area is 98.8 Å². The van der Waals surface area contributed by atoms with Gasteiger partial charge in [0.2, 0.25) is 0 Å². The first-order valence-electron chi connectivity index (χ1n) is 5.27. The third kappa shape index (κ3) is 2.89. The Bertz CT molecular complexity index is 438. The molecule has 17 heavy (non-hydrogen) atoms. The first-order chi connectivity index (χ1) is 8.19. The molecule has 0 bridgehead atoms. The summed E-state index contributed by atoms with van der Waals surface area (Å²) >= 11 is 0. The Kier molecular flexibility index (Phi) is 3.51. The second kappa shape index (κ2) is 5.07. The second-order valence-electron chi connectivity index (χ2n) is 3.83. The van der Waals surface area contributed by atoms with Crippen molar-refractivity contribution in [2.45, 2.75) is 12.7 Å². The first kappa shape index (κ1) is 11.8. The third-order valence-electron chi connectivity index (χ3n) is 2.62. The van der Waals surface area contributed by atoms with Crippen LogP contribution in [0.3, 0.4) is 0 Å². The van der Waals surface area contributed by atoms with Crippen LogP contribution in [0.4, 0.5) is 5.69 Å². The van der Waals surface area contributed by atoms with Crippen molar-refractivity contribution in [3.8, 4) is 0 Å². The van der Waals surface area contributed by atoms with Gasteiger partial charge in [-0.15, -0.1) is 0 Å². The summed E-state index contributed by atoms with van der Waals surface area (Å²) in [6, 6.07) is 6.45. The molecule has 5 heteroatoms. The highest BCUT2D eigenvalue weighted by Gasteiger charge is 2.18. The fraction of sp³-hybridized carbons (Fsp3) is 0.333. The summed E-state index contributed by atoms with van der Waals surface area (Å²) < 4.78 is 10.4. The SMILES string of the molecule is COC1C/C(=C/c2ccc([N+](=O)[O-])cc2)CO1. The summed E-state index contributed by atoms with van der Waals surface area (Å²) in [6.45, 7) is 0.551. The largest absolute Gasteiger partial charge is 0.356 e. The Morgan fingerprint density at radius 2 is 2.18 bits per heavy atom. The van der Waals surface area contributed by atoms with E-state index in [-0.39, 0.29) is 12.0 Å². The molecule has 1 saturated heterocycles. The molecule has 1 aliphatic heterocycles. The normalized spacial score (nSPS) is 21.9. The first-order valence-corrected chi connectivity index (χ1v) is 5.27. The Morgan fingerprint density at radius 3 is 2.71 bits per heavy atom. The number of hydrogen-bond donors (Lipinski definition) is 0. The molecule has 1 unspecified atom stereocenters. The highest BCUT2D eigenvalue weighted by molar-refractivity contribution is 5.55. The lowest BCUT2D eigenvalue weighted by Crippen LogP contribution is -2.05. The smallest absolute Gasteiger partial charge is 0.269 e. The minimum Gasteiger partial charge on any atom is -0.356 e. The topological polar surface area (TPSA) is 61.6 Å². The monoisotopic (exact) mass is 235 g/mol. The van der Waals surface area contributed by atoms with Crippen molar-refractivity contribution in [2.75, 3.05) is 13.7 Å². The van der Waals surface area contributed by atoms with E-state index in [0.717, 1.165) is 17.6 Å². The molecule has 0 aromatic heterocycles. The summed E-state index contributed by atoms with van der Waals surface area (Å²) in [5, 5.41) is 10.5. The molecular formula is C12H13NO4. The minimum absolute atomic E-state index is 0.101. The molecule has 1 aliphatic rings. The molecular weight excluding hydrogens is 222 g/mol. The molecule has 0 radical (unpaired) electrons. The quantitative estimate of drug-likeness (QED) is 0.596. The van der Waals surface area contributed by atoms with Crippen molar-refractivity contribution in [3.63, 3.8) is 0 Å². The van der Waals surface area contributed by atoms with Crippen molar-refractivity contribution >= 4 is 11.8 Å². The van der Waals surface area contributed by atoms with Gasteiger partial charge in [-0.05, 0) is 23.3 Å². The molecule has 1 fully saturated rings. The number of nitrogens with zero attached hydrogens (tertiary/aromatic N) is 1. The molecule has 1 atom stereocenters. The van der Waals surface area contributed by atoms with E-state index in [2.05, 4.69) is 0 Å². The van der Waals surface area contributed by atoms with Gasteiger partial charge in [-0.2, -0.15) is 0 Å². The average Bonchev–Trinajstić information content (AvgIpc) is 2.77. The maximum absolute atomic E-state index is 10.5. The number of benzene rings is 1. The highest BCUT2D eigenvalue weighted by Crippen LogP contribution is 2.22. The molecule has 0 amide bonds. The second-order valence-corrected chi connectivity index (χ2v) is 3.83. The van der Waals surface area contributed by atoms with E-state index in [1.165, 1.54) is 12.1 Å². The molecule has 5 nitrogen and oxygen atoms in total. The lowest BCUT2D eigenvalue weighted by atomic mass is 10.1. The molecule has 1 aromatic rings. The Morgan fingerprint density at radius 1 is 1.47 bits per heavy atom. The van der Waals surface area contributed by atoms with Crippen LogP contribution in [0.5, 0.6) is 0 Å². The number of ether oxygens (including phenoxy) is 2. The predicted octanol–water partition coefficient (Wildman–Crippen LogP) is 2.37. The molecule has 2 rings (SSSR count). The van der Waals surface area contributed by atoms with Gasteiger partial charge in [-0.3, -0.25) is 10.1 Å². The standard InChI is InChI=1S/C12H13NO4/c1-16-12-7-10(8-17-12)6-9-2-4-11(5-3-9)13(14)15/h2-6,12H,7-8H2,1H3/b10-6-. The van der Waals surface area contributed by atoms with Gasteiger partial charge in [-0.25, -0.2) is 0 Å². The van der Waals surface area contributed by atoms with Crippen LogP contribution in [0.15, 0.2) is 29.8 Å². The van der Waals surface area contributed by atoms with Crippen molar-refractivity contribution in [1.29, 1.82) is 0 Å². The zero-order chi connectivity index (χ0) is 12.3. The minimum atomic E-state index is -0.406. The molecule has 0 saturated carbocycles. The molecule has 0 aliphatic carbocycles. The van der Waals surface area contributed by atoms with Gasteiger partial charge in [-0.1, -0.05) is 6.08 Å². The van der Waals surface area contributed by atoms with Crippen LogP contribution in [0, 0.1) is 10.1 Å². The van der Waals surface area contributed by atoms with Crippen LogP contribution in [0.1, 0.15) is 12.0 Å². The lowest BCUT2D eigenvalue weighted by Gasteiger charge is -2.03. The number of nitro benzene ring substituents is 1. The van der Waals surface area contributed by atoms with Gasteiger partial charge >= 0.3 is 0 Å². The fourth-order valence-electron chi connectivity index (χ4n) is 1.71. The van der Waals surface area contributed by atoms with Crippen LogP contribution < -0.4 is 0 Å². The van der Waals surface area contributed by atoms with Crippen LogP contribution in [0.25, 0.3) is 6.08 Å². The van der Waals surface area contributed by atoms with E-state index in [0.29, 0.717) is 6.61 Å². The zero-order valence-electron chi connectivity index (χ0n) is 9.46. The molecule has 0 N–H and O–H groups in total. The number of methoxy groups -OCH3 is 1. The summed E-state index contributed by atoms with van der Waals surface area (Å²) in [5.41, 5.74) is 2.17. The van der Waals surface area contributed by atoms with E-state index in [4.69, 9.17) is 9.47 Å². The summed E-state index contributed by atoms with van der Waals surface area (Å²) in [5.74, 6) is 0. The van der Waals surface area contributed by atoms with Crippen molar-refractivity contribution in [1.82, 2.24) is 0 Å². The van der Waals surface area contributed by atoms with E-state index in [1.807, 2.05) is 6.08 Å². The number of hydrogen-bond acceptors (Lipinski definition) is 4. The van der Waals surface area contributed by atoms with Crippen LogP contribution in [-0.4, -0.2) is 24.9 Å². The van der Waals surface area contributed by atoms with E-state index >= 15 is 0 Å². The molecule has 1 aromatic carbocycles. The van der Waals surface area contributed by atoms with E-state index in [1.54, 1.807) is 19.2 Å². The number of non-ortho nitro benzene ring substituents is 1. The van der Waals surface area contributed by atoms with Gasteiger partial charge in [0.1, 0.15) is 0 Å². The Balaban J connectivity index is 2.09. The highest BCUT2D eigenvalue weighted by atomic mass is 16.7. The molecule has 0 spiro atoms. The van der Waals surface area contributed by atoms with Gasteiger partial charge < -0.3 is 9.47 Å². The van der Waals surface area contributed by atoms with Crippen LogP contribution >= 0.6 is 0 Å². The zero-order valence-corrected chi connectivity index (χ0v) is 9.46. The van der Waals surface area contributed by atoms with E-state index < -0.39 is 4.92 Å². The summed E-state index contributed by atoms with van der Waals surface area (Å²) in [7, 11) is 1.61. The summed E-state index contributed by atoms with van der Waals surface area (Å²) in [4.78, 5) is 10.1. The molecule has 90 valence electrons. The lowest BCUT2D eigenvalue weighted by molar-refractivity contribution is -0.384. The number of rotatable bonds is 3. The van der Waals surface area contributed by atoms with Crippen molar-refractivity contribution in [2.24, 2.45) is 0 Å². The van der Waals surface area contributed by atoms with E-state index in [9.17, 15) is 10.1 Å². The maximum atomic E-state index is 10.5. The maximum Gasteiger partial charge on any atom is 0.269 e. The average molecular weight is 235 g/mol. The fourth-order valence-corrected chi connectivity index (χ4v) is 1.71. The Hall–Kier alpha value is -1.72. The summed E-state index contributed by atoms with van der Waals surface area (Å²) in [6.07, 6.45) is 2.55. The van der Waals surface area contributed by atoms with Gasteiger partial charge in [0.05, 0.1) is 11.5 Å². The van der Waals surface area contributed by atoms with Crippen molar-refractivity contribution in [3.05, 3.63) is 45.5 Å². The molecule has 1 heterocycles. The van der Waals surface area contributed by atoms with Gasteiger partial charge in [0.15, 0.2) is 6.29 Å². The third-order valence-corrected chi connectivity index (χ3v) is 2.62. The van der Waals surface area contributed by atoms with Crippen LogP contribution in [-0.2, 0) is 9.47 Å². The predicted molar refractivity (Wildman–Crippen MR) is 62.4 cm³/mol. The van der Waals surface area contributed by atoms with Crippen LogP contribution in [0.2, 0.25) is 0 Å². The number of nitro groups is 1. The van der Waals surface area contributed by atoms with Crippen molar-refractivity contribution < 1.29 is 14.4 Å².